The molecule has 0 aliphatic heterocycles. The Balaban J connectivity index is 1.55. The van der Waals surface area contributed by atoms with Crippen LogP contribution in [0.2, 0.25) is 0 Å². The molecule has 1 aliphatic rings. The zero-order valence-electron chi connectivity index (χ0n) is 13.1. The molecule has 1 aromatic heterocycles. The molecule has 0 unspecified atom stereocenters. The molecule has 6 heteroatoms. The molecule has 0 saturated heterocycles. The fourth-order valence-electron chi connectivity index (χ4n) is 2.72. The molecule has 1 amide bonds. The molecule has 126 valence electrons. The molecular formula is C18H18BrNO3S. The van der Waals surface area contributed by atoms with Gasteiger partial charge in [-0.25, -0.2) is 4.79 Å². The van der Waals surface area contributed by atoms with Gasteiger partial charge >= 0.3 is 5.97 Å². The molecule has 0 saturated carbocycles. The van der Waals surface area contributed by atoms with Crippen molar-refractivity contribution in [3.05, 3.63) is 50.1 Å². The molecule has 1 heterocycles. The van der Waals surface area contributed by atoms with Crippen molar-refractivity contribution in [1.29, 1.82) is 0 Å². The van der Waals surface area contributed by atoms with Crippen molar-refractivity contribution < 1.29 is 14.3 Å². The van der Waals surface area contributed by atoms with Crippen molar-refractivity contribution >= 4 is 44.8 Å². The van der Waals surface area contributed by atoms with E-state index in [4.69, 9.17) is 4.74 Å². The van der Waals surface area contributed by atoms with Gasteiger partial charge < -0.3 is 10.1 Å². The van der Waals surface area contributed by atoms with Crippen LogP contribution in [0.5, 0.6) is 0 Å². The highest BCUT2D eigenvalue weighted by molar-refractivity contribution is 9.10. The van der Waals surface area contributed by atoms with Gasteiger partial charge in [-0.2, -0.15) is 0 Å². The van der Waals surface area contributed by atoms with Crippen LogP contribution in [0, 0.1) is 0 Å². The first kappa shape index (κ1) is 17.2. The minimum Gasteiger partial charge on any atom is -0.451 e. The number of carbonyl (C=O) groups is 2. The lowest BCUT2D eigenvalue weighted by Gasteiger charge is -2.07. The summed E-state index contributed by atoms with van der Waals surface area (Å²) in [6.45, 7) is -0.289. The summed E-state index contributed by atoms with van der Waals surface area (Å²) in [5, 5.41) is 2.71. The molecule has 1 N–H and O–H groups in total. The first-order valence-corrected chi connectivity index (χ1v) is 9.57. The third-order valence-electron chi connectivity index (χ3n) is 3.93. The van der Waals surface area contributed by atoms with E-state index in [-0.39, 0.29) is 12.5 Å². The van der Waals surface area contributed by atoms with Crippen molar-refractivity contribution in [1.82, 2.24) is 0 Å². The van der Waals surface area contributed by atoms with Gasteiger partial charge in [-0.15, -0.1) is 11.3 Å². The molecule has 0 radical (unpaired) electrons. The minimum atomic E-state index is -0.421. The van der Waals surface area contributed by atoms with Crippen LogP contribution in [0.3, 0.4) is 0 Å². The number of amides is 1. The van der Waals surface area contributed by atoms with E-state index in [0.29, 0.717) is 10.6 Å². The van der Waals surface area contributed by atoms with Crippen LogP contribution in [-0.4, -0.2) is 18.5 Å². The fraction of sp³-hybridized carbons (Fsp3) is 0.333. The number of halogens is 1. The predicted molar refractivity (Wildman–Crippen MR) is 98.6 cm³/mol. The van der Waals surface area contributed by atoms with Gasteiger partial charge in [0.15, 0.2) is 6.61 Å². The summed E-state index contributed by atoms with van der Waals surface area (Å²) >= 11 is 4.86. The molecule has 2 aromatic rings. The number of benzene rings is 1. The Bertz CT molecular complexity index is 733. The van der Waals surface area contributed by atoms with Gasteiger partial charge in [0.1, 0.15) is 4.88 Å². The van der Waals surface area contributed by atoms with Gasteiger partial charge in [-0.1, -0.05) is 18.6 Å². The zero-order valence-corrected chi connectivity index (χ0v) is 15.5. The number of ether oxygens (including phenoxy) is 1. The Kier molecular flexibility index (Phi) is 5.68. The smallest absolute Gasteiger partial charge is 0.348 e. The Morgan fingerprint density at radius 2 is 1.96 bits per heavy atom. The van der Waals surface area contributed by atoms with E-state index in [2.05, 4.69) is 21.2 Å². The third-order valence-corrected chi connectivity index (χ3v) is 5.84. The van der Waals surface area contributed by atoms with Crippen LogP contribution >= 0.6 is 27.3 Å². The van der Waals surface area contributed by atoms with Gasteiger partial charge in [0.05, 0.1) is 5.69 Å². The van der Waals surface area contributed by atoms with Crippen molar-refractivity contribution in [3.63, 3.8) is 0 Å². The van der Waals surface area contributed by atoms with Crippen LogP contribution < -0.4 is 5.32 Å². The Labute approximate surface area is 153 Å². The van der Waals surface area contributed by atoms with E-state index in [0.717, 1.165) is 17.3 Å². The second kappa shape index (κ2) is 7.94. The van der Waals surface area contributed by atoms with Crippen LogP contribution in [-0.2, 0) is 22.4 Å². The normalized spacial score (nSPS) is 13.7. The summed E-state index contributed by atoms with van der Waals surface area (Å²) in [7, 11) is 0. The number of esters is 1. The number of hydrogen-bond donors (Lipinski definition) is 1. The van der Waals surface area contributed by atoms with E-state index in [1.54, 1.807) is 6.07 Å². The summed E-state index contributed by atoms with van der Waals surface area (Å²) in [6.07, 6.45) is 5.66. The predicted octanol–water partition coefficient (Wildman–Crippen LogP) is 4.58. The van der Waals surface area contributed by atoms with Crippen molar-refractivity contribution in [3.8, 4) is 0 Å². The highest BCUT2D eigenvalue weighted by atomic mass is 79.9. The average Bonchev–Trinajstić information content (AvgIpc) is 2.86. The van der Waals surface area contributed by atoms with Crippen LogP contribution in [0.25, 0.3) is 0 Å². The summed E-state index contributed by atoms with van der Waals surface area (Å²) in [6, 6.07) is 9.23. The van der Waals surface area contributed by atoms with Gasteiger partial charge in [0.25, 0.3) is 5.91 Å². The summed E-state index contributed by atoms with van der Waals surface area (Å²) in [5.74, 6) is -0.774. The standard InChI is InChI=1S/C18H18BrNO3S/c19-13-7-4-5-8-14(13)20-17(21)11-23-18(22)16-10-12-6-2-1-3-9-15(12)24-16/h4-5,7-8,10H,1-3,6,9,11H2,(H,20,21). The van der Waals surface area contributed by atoms with E-state index in [9.17, 15) is 9.59 Å². The first-order chi connectivity index (χ1) is 11.6. The molecule has 0 bridgehead atoms. The molecule has 3 rings (SSSR count). The number of carbonyl (C=O) groups excluding carboxylic acids is 2. The number of hydrogen-bond acceptors (Lipinski definition) is 4. The largest absolute Gasteiger partial charge is 0.451 e. The monoisotopic (exact) mass is 407 g/mol. The number of aryl methyl sites for hydroxylation is 2. The number of para-hydroxylation sites is 1. The van der Waals surface area contributed by atoms with Gasteiger partial charge in [0, 0.05) is 9.35 Å². The minimum absolute atomic E-state index is 0.289. The number of thiophene rings is 1. The van der Waals surface area contributed by atoms with Crippen molar-refractivity contribution in [2.45, 2.75) is 32.1 Å². The maximum atomic E-state index is 12.2. The number of nitrogens with one attached hydrogen (secondary N) is 1. The van der Waals surface area contributed by atoms with Gasteiger partial charge in [-0.05, 0) is 65.4 Å². The van der Waals surface area contributed by atoms with Crippen molar-refractivity contribution in [2.24, 2.45) is 0 Å². The van der Waals surface area contributed by atoms with Crippen LogP contribution in [0.4, 0.5) is 5.69 Å². The highest BCUT2D eigenvalue weighted by Crippen LogP contribution is 2.29. The Morgan fingerprint density at radius 1 is 1.17 bits per heavy atom. The Morgan fingerprint density at radius 3 is 2.79 bits per heavy atom. The molecule has 1 aromatic carbocycles. The first-order valence-electron chi connectivity index (χ1n) is 7.96. The highest BCUT2D eigenvalue weighted by Gasteiger charge is 2.18. The Hall–Kier alpha value is -1.66. The lowest BCUT2D eigenvalue weighted by molar-refractivity contribution is -0.119. The van der Waals surface area contributed by atoms with Gasteiger partial charge in [0.2, 0.25) is 0 Å². The van der Waals surface area contributed by atoms with E-state index in [1.165, 1.54) is 41.0 Å². The summed E-state index contributed by atoms with van der Waals surface area (Å²) < 4.78 is 5.94. The van der Waals surface area contributed by atoms with Gasteiger partial charge in [-0.3, -0.25) is 4.79 Å². The lowest BCUT2D eigenvalue weighted by Crippen LogP contribution is -2.20. The maximum absolute atomic E-state index is 12.2. The number of rotatable bonds is 4. The molecule has 0 spiro atoms. The van der Waals surface area contributed by atoms with E-state index in [1.807, 2.05) is 24.3 Å². The molecular weight excluding hydrogens is 390 g/mol. The van der Waals surface area contributed by atoms with Crippen molar-refractivity contribution in [2.75, 3.05) is 11.9 Å². The quantitative estimate of drug-likeness (QED) is 0.596. The number of anilines is 1. The number of fused-ring (bicyclic) bond motifs is 1. The maximum Gasteiger partial charge on any atom is 0.348 e. The lowest BCUT2D eigenvalue weighted by atomic mass is 10.1. The molecule has 0 atom stereocenters. The molecule has 4 nitrogen and oxygen atoms in total. The van der Waals surface area contributed by atoms with E-state index >= 15 is 0 Å². The summed E-state index contributed by atoms with van der Waals surface area (Å²) in [4.78, 5) is 26.0. The van der Waals surface area contributed by atoms with Crippen LogP contribution in [0.1, 0.15) is 39.4 Å². The second-order valence-corrected chi connectivity index (χ2v) is 7.71. The molecule has 0 fully saturated rings. The molecule has 1 aliphatic carbocycles. The average molecular weight is 408 g/mol. The molecule has 24 heavy (non-hydrogen) atoms. The van der Waals surface area contributed by atoms with E-state index < -0.39 is 5.97 Å². The fourth-order valence-corrected chi connectivity index (χ4v) is 4.25. The third kappa shape index (κ3) is 4.24. The topological polar surface area (TPSA) is 55.4 Å². The second-order valence-electron chi connectivity index (χ2n) is 5.72. The zero-order chi connectivity index (χ0) is 16.9. The van der Waals surface area contributed by atoms with Crippen LogP contribution in [0.15, 0.2) is 34.8 Å². The SMILES string of the molecule is O=C(COC(=O)c1cc2c(s1)CCCCC2)Nc1ccccc1Br. The summed E-state index contributed by atoms with van der Waals surface area (Å²) in [5.41, 5.74) is 1.92.